The number of fused-ring (bicyclic) bond motifs is 1. The van der Waals surface area contributed by atoms with Gasteiger partial charge in [0, 0.05) is 27.1 Å². The van der Waals surface area contributed by atoms with Gasteiger partial charge in [0.05, 0.1) is 6.61 Å². The van der Waals surface area contributed by atoms with Crippen LogP contribution in [-0.4, -0.2) is 19.6 Å². The molecule has 0 amide bonds. The van der Waals surface area contributed by atoms with E-state index in [9.17, 15) is 13.2 Å². The highest BCUT2D eigenvalue weighted by Crippen LogP contribution is 2.33. The molecule has 1 aromatic heterocycles. The topological polar surface area (TPSA) is 21.3 Å². The van der Waals surface area contributed by atoms with E-state index in [-0.39, 0.29) is 12.4 Å². The third-order valence-electron chi connectivity index (χ3n) is 3.05. The van der Waals surface area contributed by atoms with Crippen LogP contribution in [0.4, 0.5) is 13.2 Å². The van der Waals surface area contributed by atoms with Crippen molar-refractivity contribution in [3.63, 3.8) is 0 Å². The molecule has 0 fully saturated rings. The van der Waals surface area contributed by atoms with Crippen LogP contribution in [0.1, 0.15) is 23.8 Å². The highest BCUT2D eigenvalue weighted by molar-refractivity contribution is 7.19. The number of nitrogens with one attached hydrogen (secondary N) is 1. The van der Waals surface area contributed by atoms with Crippen LogP contribution in [-0.2, 0) is 17.9 Å². The van der Waals surface area contributed by atoms with Gasteiger partial charge in [0.2, 0.25) is 0 Å². The lowest BCUT2D eigenvalue weighted by molar-refractivity contribution is 0.0101. The number of benzene rings is 1. The van der Waals surface area contributed by atoms with Crippen LogP contribution in [0.5, 0.6) is 0 Å². The van der Waals surface area contributed by atoms with E-state index in [1.54, 1.807) is 6.07 Å². The number of hydrogen-bond donors (Lipinski definition) is 1. The first kappa shape index (κ1) is 16.3. The fourth-order valence-corrected chi connectivity index (χ4v) is 3.33. The van der Waals surface area contributed by atoms with Crippen LogP contribution in [0, 0.1) is 5.82 Å². The fourth-order valence-electron chi connectivity index (χ4n) is 2.14. The van der Waals surface area contributed by atoms with Crippen LogP contribution < -0.4 is 5.32 Å². The molecule has 2 aromatic rings. The molecule has 0 unspecified atom stereocenters. The second kappa shape index (κ2) is 7.77. The summed E-state index contributed by atoms with van der Waals surface area (Å²) in [5.74, 6) is -0.332. The van der Waals surface area contributed by atoms with Gasteiger partial charge >= 0.3 is 0 Å². The Bertz CT molecular complexity index is 586. The minimum Gasteiger partial charge on any atom is -0.371 e. The molecule has 0 saturated carbocycles. The van der Waals surface area contributed by atoms with Crippen LogP contribution in [0.15, 0.2) is 18.2 Å². The van der Waals surface area contributed by atoms with Gasteiger partial charge in [-0.2, -0.15) is 0 Å². The Kier molecular flexibility index (Phi) is 6.02. The van der Waals surface area contributed by atoms with Crippen molar-refractivity contribution in [3.05, 3.63) is 34.5 Å². The molecule has 0 spiro atoms. The van der Waals surface area contributed by atoms with Gasteiger partial charge in [0.1, 0.15) is 12.4 Å². The molecule has 0 aliphatic rings. The molecule has 0 saturated heterocycles. The zero-order valence-electron chi connectivity index (χ0n) is 11.8. The van der Waals surface area contributed by atoms with E-state index in [0.717, 1.165) is 22.5 Å². The Morgan fingerprint density at radius 2 is 2.14 bits per heavy atom. The maximum absolute atomic E-state index is 14.0. The molecule has 6 heteroatoms. The van der Waals surface area contributed by atoms with Crippen molar-refractivity contribution in [2.24, 2.45) is 0 Å². The van der Waals surface area contributed by atoms with Crippen LogP contribution >= 0.6 is 11.3 Å². The Hall–Kier alpha value is -1.11. The molecule has 1 aromatic carbocycles. The van der Waals surface area contributed by atoms with E-state index < -0.39 is 13.0 Å². The van der Waals surface area contributed by atoms with Crippen molar-refractivity contribution < 1.29 is 17.9 Å². The van der Waals surface area contributed by atoms with E-state index in [4.69, 9.17) is 4.74 Å². The number of ether oxygens (including phenoxy) is 1. The highest BCUT2D eigenvalue weighted by atomic mass is 32.1. The van der Waals surface area contributed by atoms with Crippen molar-refractivity contribution in [1.29, 1.82) is 0 Å². The van der Waals surface area contributed by atoms with Crippen molar-refractivity contribution >= 4 is 21.4 Å². The lowest BCUT2D eigenvalue weighted by Crippen LogP contribution is -2.14. The van der Waals surface area contributed by atoms with Crippen molar-refractivity contribution in [3.8, 4) is 0 Å². The summed E-state index contributed by atoms with van der Waals surface area (Å²) in [5, 5.41) is 3.75. The largest absolute Gasteiger partial charge is 0.371 e. The summed E-state index contributed by atoms with van der Waals surface area (Å²) in [6.07, 6.45) is -1.52. The summed E-state index contributed by atoms with van der Waals surface area (Å²) in [5.41, 5.74) is 0.678. The molecule has 0 atom stereocenters. The van der Waals surface area contributed by atoms with Crippen molar-refractivity contribution in [1.82, 2.24) is 5.32 Å². The first-order chi connectivity index (χ1) is 10.1. The first-order valence-electron chi connectivity index (χ1n) is 6.88. The number of rotatable bonds is 8. The normalized spacial score (nSPS) is 11.7. The summed E-state index contributed by atoms with van der Waals surface area (Å²) < 4.78 is 44.2. The molecule has 0 radical (unpaired) electrons. The molecule has 1 heterocycles. The predicted molar refractivity (Wildman–Crippen MR) is 79.4 cm³/mol. The summed E-state index contributed by atoms with van der Waals surface area (Å²) >= 11 is 1.48. The van der Waals surface area contributed by atoms with E-state index in [1.807, 2.05) is 6.07 Å². The third kappa shape index (κ3) is 4.18. The van der Waals surface area contributed by atoms with Gasteiger partial charge in [-0.05, 0) is 25.1 Å². The van der Waals surface area contributed by atoms with Gasteiger partial charge in [-0.25, -0.2) is 13.2 Å². The number of alkyl halides is 2. The molecular formula is C15H18F3NOS. The first-order valence-corrected chi connectivity index (χ1v) is 7.70. The molecule has 1 N–H and O–H groups in total. The lowest BCUT2D eigenvalue weighted by Gasteiger charge is -2.07. The van der Waals surface area contributed by atoms with Gasteiger partial charge in [0.25, 0.3) is 6.43 Å². The Morgan fingerprint density at radius 1 is 1.33 bits per heavy atom. The summed E-state index contributed by atoms with van der Waals surface area (Å²) in [4.78, 5) is 0.942. The lowest BCUT2D eigenvalue weighted by atomic mass is 10.1. The summed E-state index contributed by atoms with van der Waals surface area (Å²) in [7, 11) is 0. The minimum absolute atomic E-state index is 0.00834. The van der Waals surface area contributed by atoms with Crippen LogP contribution in [0.25, 0.3) is 10.1 Å². The Labute approximate surface area is 125 Å². The summed E-state index contributed by atoms with van der Waals surface area (Å²) in [6, 6.07) is 4.87. The average Bonchev–Trinajstić information content (AvgIpc) is 2.78. The number of halogens is 3. The number of thiophene rings is 1. The van der Waals surface area contributed by atoms with Crippen LogP contribution in [0.3, 0.4) is 0 Å². The van der Waals surface area contributed by atoms with Gasteiger partial charge in [-0.3, -0.25) is 0 Å². The maximum atomic E-state index is 14.0. The third-order valence-corrected chi connectivity index (χ3v) is 4.25. The SMILES string of the molecule is CCCNCc1sc2cccc(F)c2c1COCC(F)F. The zero-order valence-corrected chi connectivity index (χ0v) is 12.6. The van der Waals surface area contributed by atoms with Crippen LogP contribution in [0.2, 0.25) is 0 Å². The molecule has 0 aliphatic heterocycles. The second-order valence-electron chi connectivity index (χ2n) is 4.70. The highest BCUT2D eigenvalue weighted by Gasteiger charge is 2.16. The molecule has 116 valence electrons. The van der Waals surface area contributed by atoms with Gasteiger partial charge in [-0.1, -0.05) is 13.0 Å². The van der Waals surface area contributed by atoms with Crippen molar-refractivity contribution in [2.75, 3.05) is 13.2 Å². The molecule has 2 rings (SSSR count). The zero-order chi connectivity index (χ0) is 15.2. The minimum atomic E-state index is -2.51. The van der Waals surface area contributed by atoms with Gasteiger partial charge < -0.3 is 10.1 Å². The van der Waals surface area contributed by atoms with Gasteiger partial charge in [-0.15, -0.1) is 11.3 Å². The molecule has 21 heavy (non-hydrogen) atoms. The molecule has 2 nitrogen and oxygen atoms in total. The van der Waals surface area contributed by atoms with E-state index in [2.05, 4.69) is 12.2 Å². The fraction of sp³-hybridized carbons (Fsp3) is 0.467. The Morgan fingerprint density at radius 3 is 2.86 bits per heavy atom. The average molecular weight is 317 g/mol. The number of hydrogen-bond acceptors (Lipinski definition) is 3. The molecule has 0 aliphatic carbocycles. The Balaban J connectivity index is 2.25. The second-order valence-corrected chi connectivity index (χ2v) is 5.84. The standard InChI is InChI=1S/C15H18F3NOS/c1-2-6-19-7-13-10(8-20-9-14(17)18)15-11(16)4-3-5-12(15)21-13/h3-5,14,19H,2,6-9H2,1H3. The predicted octanol–water partition coefficient (Wildman–Crippen LogP) is 4.32. The van der Waals surface area contributed by atoms with E-state index >= 15 is 0 Å². The molecular weight excluding hydrogens is 299 g/mol. The van der Waals surface area contributed by atoms with Gasteiger partial charge in [0.15, 0.2) is 0 Å². The molecule has 0 bridgehead atoms. The van der Waals surface area contributed by atoms with E-state index in [1.165, 1.54) is 17.4 Å². The quantitative estimate of drug-likeness (QED) is 0.732. The van der Waals surface area contributed by atoms with E-state index in [0.29, 0.717) is 17.5 Å². The van der Waals surface area contributed by atoms with Crippen molar-refractivity contribution in [2.45, 2.75) is 32.9 Å². The monoisotopic (exact) mass is 317 g/mol. The summed E-state index contributed by atoms with van der Waals surface area (Å²) in [6.45, 7) is 2.89. The smallest absolute Gasteiger partial charge is 0.261 e. The maximum Gasteiger partial charge on any atom is 0.261 e.